The number of carbonyl (C=O) groups is 2. The van der Waals surface area contributed by atoms with Crippen LogP contribution in [0.25, 0.3) is 21.9 Å². The number of benzene rings is 3. The minimum absolute atomic E-state index is 0.0110. The second kappa shape index (κ2) is 11.3. The van der Waals surface area contributed by atoms with Crippen LogP contribution in [0.1, 0.15) is 74.0 Å². The van der Waals surface area contributed by atoms with E-state index in [2.05, 4.69) is 70.3 Å². The van der Waals surface area contributed by atoms with Gasteiger partial charge in [0.1, 0.15) is 11.2 Å². The standard InChI is InChI=1S/C34H41NO4Si/c1-34(2,3)40(4,5)39-32(21-24-11-7-6-8-12-24)26-14-17-31-28(23-26)27-22-25(13-16-30(27)38-31)29(36)15-18-33(37)35-19-9-10-20-35/h6-8,11-14,16-17,22-23,32H,9-10,15,18-21H2,1-5H3. The Bertz CT molecular complexity index is 1510. The third kappa shape index (κ3) is 6.08. The summed E-state index contributed by atoms with van der Waals surface area (Å²) in [6.07, 6.45) is 3.28. The van der Waals surface area contributed by atoms with Crippen molar-refractivity contribution in [2.75, 3.05) is 13.1 Å². The predicted molar refractivity (Wildman–Crippen MR) is 164 cm³/mol. The van der Waals surface area contributed by atoms with E-state index >= 15 is 0 Å². The van der Waals surface area contributed by atoms with Crippen molar-refractivity contribution in [3.05, 3.63) is 83.4 Å². The van der Waals surface area contributed by atoms with Gasteiger partial charge in [-0.3, -0.25) is 9.59 Å². The number of amides is 1. The Hall–Kier alpha value is -3.22. The molecule has 1 saturated heterocycles. The summed E-state index contributed by atoms with van der Waals surface area (Å²) in [7, 11) is -2.06. The van der Waals surface area contributed by atoms with Crippen LogP contribution in [0.2, 0.25) is 18.1 Å². The first-order chi connectivity index (χ1) is 19.0. The molecule has 1 fully saturated rings. The number of nitrogens with zero attached hydrogens (tertiary/aromatic N) is 1. The van der Waals surface area contributed by atoms with Crippen molar-refractivity contribution in [1.29, 1.82) is 0 Å². The van der Waals surface area contributed by atoms with Crippen molar-refractivity contribution in [1.82, 2.24) is 4.90 Å². The maximum Gasteiger partial charge on any atom is 0.223 e. The van der Waals surface area contributed by atoms with Gasteiger partial charge < -0.3 is 13.7 Å². The molecule has 6 heteroatoms. The van der Waals surface area contributed by atoms with Gasteiger partial charge in [-0.1, -0.05) is 57.2 Å². The summed E-state index contributed by atoms with van der Waals surface area (Å²) >= 11 is 0. The van der Waals surface area contributed by atoms with Crippen LogP contribution in [-0.4, -0.2) is 38.0 Å². The van der Waals surface area contributed by atoms with Gasteiger partial charge in [0.15, 0.2) is 14.1 Å². The van der Waals surface area contributed by atoms with E-state index in [1.165, 1.54) is 5.56 Å². The lowest BCUT2D eigenvalue weighted by Gasteiger charge is -2.39. The molecular formula is C34H41NO4Si. The molecule has 0 N–H and O–H groups in total. The first kappa shape index (κ1) is 28.3. The van der Waals surface area contributed by atoms with Crippen LogP contribution in [0, 0.1) is 0 Å². The molecule has 1 aliphatic heterocycles. The zero-order valence-corrected chi connectivity index (χ0v) is 25.5. The number of furan rings is 1. The number of carbonyl (C=O) groups excluding carboxylic acids is 2. The van der Waals surface area contributed by atoms with E-state index in [9.17, 15) is 9.59 Å². The predicted octanol–water partition coefficient (Wildman–Crippen LogP) is 8.48. The number of Topliss-reactive ketones (excluding diaryl/α,β-unsaturated/α-hetero) is 1. The molecule has 4 aromatic rings. The topological polar surface area (TPSA) is 59.8 Å². The minimum Gasteiger partial charge on any atom is -0.456 e. The Morgan fingerprint density at radius 1 is 0.900 bits per heavy atom. The van der Waals surface area contributed by atoms with Crippen molar-refractivity contribution >= 4 is 41.9 Å². The average Bonchev–Trinajstić information content (AvgIpc) is 3.59. The quantitative estimate of drug-likeness (QED) is 0.153. The summed E-state index contributed by atoms with van der Waals surface area (Å²) in [4.78, 5) is 27.4. The highest BCUT2D eigenvalue weighted by Crippen LogP contribution is 2.41. The van der Waals surface area contributed by atoms with Crippen LogP contribution in [-0.2, 0) is 15.6 Å². The van der Waals surface area contributed by atoms with Crippen LogP contribution < -0.4 is 0 Å². The van der Waals surface area contributed by atoms with Crippen molar-refractivity contribution in [2.24, 2.45) is 0 Å². The molecule has 0 radical (unpaired) electrons. The van der Waals surface area contributed by atoms with E-state index in [-0.39, 0.29) is 35.7 Å². The highest BCUT2D eigenvalue weighted by molar-refractivity contribution is 6.74. The van der Waals surface area contributed by atoms with E-state index in [0.29, 0.717) is 5.56 Å². The fraction of sp³-hybridized carbons (Fsp3) is 0.412. The van der Waals surface area contributed by atoms with Crippen molar-refractivity contribution in [3.63, 3.8) is 0 Å². The second-order valence-electron chi connectivity index (χ2n) is 12.6. The molecule has 40 heavy (non-hydrogen) atoms. The van der Waals surface area contributed by atoms with Crippen molar-refractivity contribution in [3.8, 4) is 0 Å². The van der Waals surface area contributed by atoms with Gasteiger partial charge >= 0.3 is 0 Å². The van der Waals surface area contributed by atoms with Crippen molar-refractivity contribution in [2.45, 2.75) is 77.1 Å². The van der Waals surface area contributed by atoms with Crippen molar-refractivity contribution < 1.29 is 18.4 Å². The minimum atomic E-state index is -2.06. The molecule has 2 heterocycles. The van der Waals surface area contributed by atoms with E-state index in [0.717, 1.165) is 59.9 Å². The van der Waals surface area contributed by atoms with Crippen LogP contribution in [0.15, 0.2) is 71.1 Å². The Kier molecular flexibility index (Phi) is 8.02. The second-order valence-corrected chi connectivity index (χ2v) is 17.4. The fourth-order valence-electron chi connectivity index (χ4n) is 5.25. The number of hydrogen-bond donors (Lipinski definition) is 0. The summed E-state index contributed by atoms with van der Waals surface area (Å²) in [5.74, 6) is 0.0692. The van der Waals surface area contributed by atoms with Gasteiger partial charge in [0, 0.05) is 48.7 Å². The molecule has 1 aliphatic rings. The molecule has 3 aromatic carbocycles. The monoisotopic (exact) mass is 555 g/mol. The Balaban J connectivity index is 1.45. The normalized spacial score (nSPS) is 15.2. The zero-order chi connectivity index (χ0) is 28.5. The van der Waals surface area contributed by atoms with Gasteiger partial charge in [-0.25, -0.2) is 0 Å². The summed E-state index contributed by atoms with van der Waals surface area (Å²) in [5.41, 5.74) is 4.50. The Morgan fingerprint density at radius 3 is 2.23 bits per heavy atom. The van der Waals surface area contributed by atoms with Crippen LogP contribution >= 0.6 is 0 Å². The number of hydrogen-bond acceptors (Lipinski definition) is 4. The highest BCUT2D eigenvalue weighted by Gasteiger charge is 2.39. The molecule has 1 unspecified atom stereocenters. The van der Waals surface area contributed by atoms with Gasteiger partial charge in [-0.15, -0.1) is 0 Å². The molecule has 210 valence electrons. The summed E-state index contributed by atoms with van der Waals surface area (Å²) < 4.78 is 13.2. The average molecular weight is 556 g/mol. The molecule has 1 aromatic heterocycles. The third-order valence-electron chi connectivity index (χ3n) is 8.72. The fourth-order valence-corrected chi connectivity index (χ4v) is 6.53. The van der Waals surface area contributed by atoms with Crippen LogP contribution in [0.5, 0.6) is 0 Å². The largest absolute Gasteiger partial charge is 0.456 e. The molecule has 0 saturated carbocycles. The molecule has 5 rings (SSSR count). The molecule has 0 spiro atoms. The summed E-state index contributed by atoms with van der Waals surface area (Å²) in [6, 6.07) is 22.4. The first-order valence-electron chi connectivity index (χ1n) is 14.5. The van der Waals surface area contributed by atoms with Gasteiger partial charge in [0.2, 0.25) is 5.91 Å². The number of ketones is 1. The molecule has 1 atom stereocenters. The molecule has 1 amide bonds. The lowest BCUT2D eigenvalue weighted by molar-refractivity contribution is -0.130. The molecular weight excluding hydrogens is 514 g/mol. The van der Waals surface area contributed by atoms with E-state index < -0.39 is 8.32 Å². The van der Waals surface area contributed by atoms with Crippen LogP contribution in [0.4, 0.5) is 0 Å². The van der Waals surface area contributed by atoms with Gasteiger partial charge in [0.05, 0.1) is 6.10 Å². The third-order valence-corrected chi connectivity index (χ3v) is 13.2. The first-order valence-corrected chi connectivity index (χ1v) is 17.4. The lowest BCUT2D eigenvalue weighted by Crippen LogP contribution is -2.42. The lowest BCUT2D eigenvalue weighted by atomic mass is 9.98. The molecule has 5 nitrogen and oxygen atoms in total. The number of fused-ring (bicyclic) bond motifs is 3. The SMILES string of the molecule is CC(C)(C)[Si](C)(C)OC(Cc1ccccc1)c1ccc2oc3ccc(C(=O)CCC(=O)N4CCCC4)cc3c2c1. The molecule has 0 bridgehead atoms. The maximum atomic E-state index is 13.1. The van der Waals surface area contributed by atoms with E-state index in [1.54, 1.807) is 0 Å². The number of likely N-dealkylation sites (tertiary alicyclic amines) is 1. The zero-order valence-electron chi connectivity index (χ0n) is 24.5. The molecule has 0 aliphatic carbocycles. The highest BCUT2D eigenvalue weighted by atomic mass is 28.4. The smallest absolute Gasteiger partial charge is 0.223 e. The van der Waals surface area contributed by atoms with Gasteiger partial charge in [0.25, 0.3) is 0 Å². The Labute approximate surface area is 238 Å². The van der Waals surface area contributed by atoms with Crippen LogP contribution in [0.3, 0.4) is 0 Å². The maximum absolute atomic E-state index is 13.1. The number of rotatable bonds is 9. The summed E-state index contributed by atoms with van der Waals surface area (Å²) in [5, 5.41) is 1.98. The van der Waals surface area contributed by atoms with E-state index in [1.807, 2.05) is 35.2 Å². The van der Waals surface area contributed by atoms with E-state index in [4.69, 9.17) is 8.84 Å². The Morgan fingerprint density at radius 2 is 1.55 bits per heavy atom. The van der Waals surface area contributed by atoms with Gasteiger partial charge in [-0.05, 0) is 72.4 Å². The summed E-state index contributed by atoms with van der Waals surface area (Å²) in [6.45, 7) is 13.0. The van der Waals surface area contributed by atoms with Gasteiger partial charge in [-0.2, -0.15) is 0 Å².